The molecule has 4 rings (SSSR count). The van der Waals surface area contributed by atoms with Crippen molar-refractivity contribution >= 4 is 38.4 Å². The average Bonchev–Trinajstić information content (AvgIpc) is 2.71. The molecule has 0 bridgehead atoms. The van der Waals surface area contributed by atoms with Gasteiger partial charge >= 0.3 is 0 Å². The number of anilines is 1. The lowest BCUT2D eigenvalue weighted by atomic mass is 9.92. The zero-order valence-electron chi connectivity index (χ0n) is 16.0. The van der Waals surface area contributed by atoms with Crippen molar-refractivity contribution in [2.45, 2.75) is 25.5 Å². The molecule has 0 unspecified atom stereocenters. The molecular formula is C21H22BrN5O2. The highest BCUT2D eigenvalue weighted by atomic mass is 79.9. The highest BCUT2D eigenvalue weighted by molar-refractivity contribution is 9.10. The SMILES string of the molecule is C[C@H]1CN(c2ccncc2CC(=O)c2ccc3ncc(Br)cc3n2)C[C@@H](N)[C@@H]1O. The second-order valence-electron chi connectivity index (χ2n) is 7.53. The van der Waals surface area contributed by atoms with Crippen LogP contribution in [0.25, 0.3) is 11.0 Å². The van der Waals surface area contributed by atoms with Crippen LogP contribution in [0.4, 0.5) is 5.69 Å². The topological polar surface area (TPSA) is 105 Å². The van der Waals surface area contributed by atoms with Crippen molar-refractivity contribution in [3.05, 3.63) is 58.6 Å². The lowest BCUT2D eigenvalue weighted by Gasteiger charge is -2.40. The minimum atomic E-state index is -0.520. The minimum Gasteiger partial charge on any atom is -0.391 e. The average molecular weight is 456 g/mol. The number of nitrogens with zero attached hydrogens (tertiary/aromatic N) is 4. The number of carbonyl (C=O) groups excluding carboxylic acids is 1. The molecule has 1 fully saturated rings. The summed E-state index contributed by atoms with van der Waals surface area (Å²) in [7, 11) is 0. The standard InChI is InChI=1S/C21H22BrN5O2/c1-12-10-27(11-15(23)21(12)29)19-4-5-24-8-13(19)6-20(28)17-3-2-16-18(26-17)7-14(22)9-25-16/h2-5,7-9,12,15,21,29H,6,10-11,23H2,1H3/t12-,15+,21+/m0/s1. The van der Waals surface area contributed by atoms with E-state index in [1.54, 1.807) is 30.7 Å². The van der Waals surface area contributed by atoms with Gasteiger partial charge in [-0.05, 0) is 40.2 Å². The maximum Gasteiger partial charge on any atom is 0.185 e. The van der Waals surface area contributed by atoms with E-state index in [1.807, 2.05) is 19.1 Å². The zero-order chi connectivity index (χ0) is 20.5. The number of piperidine rings is 1. The molecule has 4 heterocycles. The van der Waals surface area contributed by atoms with Crippen molar-refractivity contribution in [2.24, 2.45) is 11.7 Å². The van der Waals surface area contributed by atoms with E-state index in [9.17, 15) is 9.90 Å². The van der Waals surface area contributed by atoms with Crippen molar-refractivity contribution in [2.75, 3.05) is 18.0 Å². The number of Topliss-reactive ketones (excluding diaryl/α,β-unsaturated/α-hetero) is 1. The van der Waals surface area contributed by atoms with Crippen LogP contribution < -0.4 is 10.6 Å². The number of fused-ring (bicyclic) bond motifs is 1. The lowest BCUT2D eigenvalue weighted by molar-refractivity contribution is 0.0784. The van der Waals surface area contributed by atoms with E-state index in [0.717, 1.165) is 21.2 Å². The molecule has 8 heteroatoms. The molecule has 0 saturated carbocycles. The van der Waals surface area contributed by atoms with Crippen molar-refractivity contribution in [3.63, 3.8) is 0 Å². The van der Waals surface area contributed by atoms with E-state index in [-0.39, 0.29) is 24.2 Å². The highest BCUT2D eigenvalue weighted by Gasteiger charge is 2.31. The Kier molecular flexibility index (Phi) is 5.58. The number of carbonyl (C=O) groups is 1. The first-order valence-electron chi connectivity index (χ1n) is 9.49. The predicted molar refractivity (Wildman–Crippen MR) is 115 cm³/mol. The number of rotatable bonds is 4. The Morgan fingerprint density at radius 2 is 2.10 bits per heavy atom. The minimum absolute atomic E-state index is 0.0450. The van der Waals surface area contributed by atoms with Crippen molar-refractivity contribution < 1.29 is 9.90 Å². The second-order valence-corrected chi connectivity index (χ2v) is 8.45. The molecule has 0 aliphatic carbocycles. The quantitative estimate of drug-likeness (QED) is 0.581. The molecule has 1 aliphatic rings. The molecule has 1 saturated heterocycles. The van der Waals surface area contributed by atoms with E-state index in [1.165, 1.54) is 0 Å². The van der Waals surface area contributed by atoms with E-state index in [0.29, 0.717) is 24.3 Å². The third-order valence-corrected chi connectivity index (χ3v) is 5.75. The molecule has 0 amide bonds. The molecule has 3 atom stereocenters. The Morgan fingerprint density at radius 3 is 2.90 bits per heavy atom. The van der Waals surface area contributed by atoms with Gasteiger partial charge in [-0.25, -0.2) is 4.98 Å². The van der Waals surface area contributed by atoms with Gasteiger partial charge in [0, 0.05) is 65.8 Å². The zero-order valence-corrected chi connectivity index (χ0v) is 17.6. The van der Waals surface area contributed by atoms with E-state index in [2.05, 4.69) is 35.8 Å². The van der Waals surface area contributed by atoms with E-state index >= 15 is 0 Å². The molecular weight excluding hydrogens is 434 g/mol. The maximum atomic E-state index is 13.0. The van der Waals surface area contributed by atoms with Gasteiger partial charge in [-0.15, -0.1) is 0 Å². The van der Waals surface area contributed by atoms with Gasteiger partial charge in [0.05, 0.1) is 17.1 Å². The van der Waals surface area contributed by atoms with Crippen molar-refractivity contribution in [1.29, 1.82) is 0 Å². The molecule has 150 valence electrons. The second kappa shape index (κ2) is 8.14. The van der Waals surface area contributed by atoms with E-state index in [4.69, 9.17) is 5.73 Å². The molecule has 3 aromatic rings. The van der Waals surface area contributed by atoms with Gasteiger partial charge in [-0.3, -0.25) is 14.8 Å². The van der Waals surface area contributed by atoms with Gasteiger partial charge in [0.2, 0.25) is 0 Å². The first-order valence-corrected chi connectivity index (χ1v) is 10.3. The summed E-state index contributed by atoms with van der Waals surface area (Å²) in [4.78, 5) is 28.1. The first-order chi connectivity index (χ1) is 13.9. The van der Waals surface area contributed by atoms with Crippen LogP contribution in [0.3, 0.4) is 0 Å². The summed E-state index contributed by atoms with van der Waals surface area (Å²) >= 11 is 3.39. The summed E-state index contributed by atoms with van der Waals surface area (Å²) in [5.41, 5.74) is 9.66. The number of hydrogen-bond acceptors (Lipinski definition) is 7. The Balaban J connectivity index is 1.59. The van der Waals surface area contributed by atoms with Gasteiger partial charge in [-0.1, -0.05) is 6.92 Å². The maximum absolute atomic E-state index is 13.0. The summed E-state index contributed by atoms with van der Waals surface area (Å²) in [5.74, 6) is -0.0425. The fourth-order valence-electron chi connectivity index (χ4n) is 3.78. The molecule has 3 aromatic heterocycles. The van der Waals surface area contributed by atoms with Crippen LogP contribution in [0.2, 0.25) is 0 Å². The number of ketones is 1. The predicted octanol–water partition coefficient (Wildman–Crippen LogP) is 2.36. The number of hydrogen-bond donors (Lipinski definition) is 2. The van der Waals surface area contributed by atoms with Crippen molar-refractivity contribution in [3.8, 4) is 0 Å². The van der Waals surface area contributed by atoms with Crippen LogP contribution in [0.1, 0.15) is 23.0 Å². The highest BCUT2D eigenvalue weighted by Crippen LogP contribution is 2.27. The number of aliphatic hydroxyl groups is 1. The summed E-state index contributed by atoms with van der Waals surface area (Å²) in [6.07, 6.45) is 4.80. The van der Waals surface area contributed by atoms with Gasteiger partial charge in [0.15, 0.2) is 5.78 Å². The van der Waals surface area contributed by atoms with Crippen LogP contribution in [-0.4, -0.2) is 51.1 Å². The summed E-state index contributed by atoms with van der Waals surface area (Å²) in [5, 5.41) is 10.1. The van der Waals surface area contributed by atoms with Crippen molar-refractivity contribution in [1.82, 2.24) is 15.0 Å². The third kappa shape index (κ3) is 4.14. The number of aliphatic hydroxyl groups excluding tert-OH is 1. The summed E-state index contributed by atoms with van der Waals surface area (Å²) in [6, 6.07) is 6.92. The van der Waals surface area contributed by atoms with E-state index < -0.39 is 6.10 Å². The molecule has 7 nitrogen and oxygen atoms in total. The molecule has 0 spiro atoms. The molecule has 29 heavy (non-hydrogen) atoms. The Bertz CT molecular complexity index is 1050. The van der Waals surface area contributed by atoms with Gasteiger partial charge in [0.25, 0.3) is 0 Å². The summed E-state index contributed by atoms with van der Waals surface area (Å²) < 4.78 is 0.814. The van der Waals surface area contributed by atoms with Gasteiger partial charge < -0.3 is 15.7 Å². The molecule has 0 radical (unpaired) electrons. The van der Waals surface area contributed by atoms with Crippen LogP contribution in [0.15, 0.2) is 47.3 Å². The lowest BCUT2D eigenvalue weighted by Crippen LogP contribution is -2.55. The molecule has 0 aromatic carbocycles. The normalized spacial score (nSPS) is 22.1. The van der Waals surface area contributed by atoms with Crippen LogP contribution >= 0.6 is 15.9 Å². The van der Waals surface area contributed by atoms with Gasteiger partial charge in [0.1, 0.15) is 5.69 Å². The number of pyridine rings is 3. The Labute approximate surface area is 177 Å². The summed E-state index contributed by atoms with van der Waals surface area (Å²) in [6.45, 7) is 3.19. The van der Waals surface area contributed by atoms with Crippen LogP contribution in [-0.2, 0) is 6.42 Å². The number of aromatic nitrogens is 3. The Morgan fingerprint density at radius 1 is 1.28 bits per heavy atom. The van der Waals surface area contributed by atoms with Gasteiger partial charge in [-0.2, -0.15) is 0 Å². The molecule has 1 aliphatic heterocycles. The Hall–Kier alpha value is -2.42. The number of halogens is 1. The largest absolute Gasteiger partial charge is 0.391 e. The fraction of sp³-hybridized carbons (Fsp3) is 0.333. The monoisotopic (exact) mass is 455 g/mol. The fourth-order valence-corrected chi connectivity index (χ4v) is 4.10. The third-order valence-electron chi connectivity index (χ3n) is 5.32. The van der Waals surface area contributed by atoms with Crippen LogP contribution in [0.5, 0.6) is 0 Å². The van der Waals surface area contributed by atoms with Crippen LogP contribution in [0, 0.1) is 5.92 Å². The molecule has 3 N–H and O–H groups in total. The first kappa shape index (κ1) is 19.9. The number of nitrogens with two attached hydrogens (primary N) is 1. The smallest absolute Gasteiger partial charge is 0.185 e.